The summed E-state index contributed by atoms with van der Waals surface area (Å²) in [6.07, 6.45) is 2.44. The van der Waals surface area contributed by atoms with Gasteiger partial charge >= 0.3 is 0 Å². The van der Waals surface area contributed by atoms with Gasteiger partial charge in [-0.05, 0) is 29.3 Å². The largest absolute Gasteiger partial charge is 0.159 e. The van der Waals surface area contributed by atoms with E-state index in [2.05, 4.69) is 27.7 Å². The Morgan fingerprint density at radius 2 is 2.00 bits per heavy atom. The summed E-state index contributed by atoms with van der Waals surface area (Å²) in [5, 5.41) is 0.751. The lowest BCUT2D eigenvalue weighted by Gasteiger charge is -2.25. The summed E-state index contributed by atoms with van der Waals surface area (Å²) in [6, 6.07) is 0. The SMILES string of the molecule is CCC(C)(CCl)CCSC(C)C. The molecule has 0 saturated carbocycles. The number of thioether (sulfide) groups is 1. The first-order chi connectivity index (χ1) is 5.54. The molecule has 2 heteroatoms. The normalized spacial score (nSPS) is 16.5. The zero-order valence-corrected chi connectivity index (χ0v) is 10.3. The highest BCUT2D eigenvalue weighted by Gasteiger charge is 2.20. The van der Waals surface area contributed by atoms with E-state index in [1.54, 1.807) is 0 Å². The molecule has 1 unspecified atom stereocenters. The van der Waals surface area contributed by atoms with Gasteiger partial charge in [-0.2, -0.15) is 11.8 Å². The van der Waals surface area contributed by atoms with Crippen LogP contribution in [0.1, 0.15) is 40.5 Å². The zero-order valence-electron chi connectivity index (χ0n) is 8.69. The van der Waals surface area contributed by atoms with Crippen LogP contribution in [-0.2, 0) is 0 Å². The van der Waals surface area contributed by atoms with E-state index in [0.29, 0.717) is 5.41 Å². The van der Waals surface area contributed by atoms with E-state index in [1.165, 1.54) is 18.6 Å². The van der Waals surface area contributed by atoms with Gasteiger partial charge in [0.2, 0.25) is 0 Å². The first kappa shape index (κ1) is 12.6. The molecule has 0 aromatic rings. The van der Waals surface area contributed by atoms with Gasteiger partial charge in [-0.15, -0.1) is 11.6 Å². The van der Waals surface area contributed by atoms with Crippen LogP contribution >= 0.6 is 23.4 Å². The van der Waals surface area contributed by atoms with E-state index in [-0.39, 0.29) is 0 Å². The molecule has 0 fully saturated rings. The fraction of sp³-hybridized carbons (Fsp3) is 1.00. The van der Waals surface area contributed by atoms with Crippen LogP contribution in [0.3, 0.4) is 0 Å². The van der Waals surface area contributed by atoms with Gasteiger partial charge in [0.05, 0.1) is 0 Å². The van der Waals surface area contributed by atoms with Gasteiger partial charge in [0, 0.05) is 5.88 Å². The van der Waals surface area contributed by atoms with Crippen LogP contribution in [0.25, 0.3) is 0 Å². The summed E-state index contributed by atoms with van der Waals surface area (Å²) in [5.74, 6) is 2.04. The van der Waals surface area contributed by atoms with Crippen molar-refractivity contribution in [2.45, 2.75) is 45.8 Å². The second kappa shape index (κ2) is 6.15. The minimum Gasteiger partial charge on any atom is -0.159 e. The molecule has 0 N–H and O–H groups in total. The Hall–Kier alpha value is 0.640. The lowest BCUT2D eigenvalue weighted by atomic mass is 9.87. The maximum Gasteiger partial charge on any atom is 0.0277 e. The minimum absolute atomic E-state index is 0.365. The average molecular weight is 209 g/mol. The van der Waals surface area contributed by atoms with E-state index in [1.807, 2.05) is 11.8 Å². The van der Waals surface area contributed by atoms with Crippen molar-refractivity contribution in [1.29, 1.82) is 0 Å². The quantitative estimate of drug-likeness (QED) is 0.591. The van der Waals surface area contributed by atoms with Crippen LogP contribution in [0.2, 0.25) is 0 Å². The van der Waals surface area contributed by atoms with Crippen LogP contribution in [-0.4, -0.2) is 16.9 Å². The summed E-state index contributed by atoms with van der Waals surface area (Å²) in [4.78, 5) is 0. The maximum absolute atomic E-state index is 5.91. The van der Waals surface area contributed by atoms with Gasteiger partial charge in [0.25, 0.3) is 0 Å². The van der Waals surface area contributed by atoms with Gasteiger partial charge in [0.15, 0.2) is 0 Å². The summed E-state index contributed by atoms with van der Waals surface area (Å²) in [6.45, 7) is 8.99. The van der Waals surface area contributed by atoms with Crippen molar-refractivity contribution in [2.75, 3.05) is 11.6 Å². The molecule has 0 saturated heterocycles. The van der Waals surface area contributed by atoms with Crippen LogP contribution in [0.4, 0.5) is 0 Å². The van der Waals surface area contributed by atoms with Crippen molar-refractivity contribution in [1.82, 2.24) is 0 Å². The first-order valence-corrected chi connectivity index (χ1v) is 6.30. The predicted molar refractivity (Wildman–Crippen MR) is 61.3 cm³/mol. The second-order valence-corrected chi connectivity index (χ2v) is 5.92. The molecule has 12 heavy (non-hydrogen) atoms. The summed E-state index contributed by atoms with van der Waals surface area (Å²) in [7, 11) is 0. The Labute approximate surface area is 86.5 Å². The van der Waals surface area contributed by atoms with Crippen molar-refractivity contribution in [3.63, 3.8) is 0 Å². The standard InChI is InChI=1S/C10H21ClS/c1-5-10(4,8-11)6-7-12-9(2)3/h9H,5-8H2,1-4H3. The Morgan fingerprint density at radius 1 is 1.42 bits per heavy atom. The molecule has 0 rings (SSSR count). The Balaban J connectivity index is 3.58. The predicted octanol–water partition coefficient (Wildman–Crippen LogP) is 4.17. The minimum atomic E-state index is 0.365. The molecule has 0 aliphatic heterocycles. The number of alkyl halides is 1. The molecule has 0 aromatic carbocycles. The van der Waals surface area contributed by atoms with Crippen LogP contribution < -0.4 is 0 Å². The highest BCUT2D eigenvalue weighted by molar-refractivity contribution is 7.99. The highest BCUT2D eigenvalue weighted by Crippen LogP contribution is 2.29. The molecule has 0 aliphatic carbocycles. The summed E-state index contributed by atoms with van der Waals surface area (Å²) in [5.41, 5.74) is 0.365. The Morgan fingerprint density at radius 3 is 2.33 bits per heavy atom. The molecule has 0 aliphatic rings. The summed E-state index contributed by atoms with van der Waals surface area (Å²) < 4.78 is 0. The monoisotopic (exact) mass is 208 g/mol. The van der Waals surface area contributed by atoms with Crippen molar-refractivity contribution in [3.8, 4) is 0 Å². The third-order valence-corrected chi connectivity index (χ3v) is 4.08. The third kappa shape index (κ3) is 5.31. The molecule has 0 amide bonds. The molecule has 74 valence electrons. The third-order valence-electron chi connectivity index (χ3n) is 2.33. The van der Waals surface area contributed by atoms with Gasteiger partial charge in [-0.1, -0.05) is 27.7 Å². The smallest absolute Gasteiger partial charge is 0.0277 e. The lowest BCUT2D eigenvalue weighted by Crippen LogP contribution is -2.18. The van der Waals surface area contributed by atoms with Gasteiger partial charge in [-0.3, -0.25) is 0 Å². The molecular weight excluding hydrogens is 188 g/mol. The van der Waals surface area contributed by atoms with Gasteiger partial charge < -0.3 is 0 Å². The zero-order chi connectivity index (χ0) is 9.61. The van der Waals surface area contributed by atoms with E-state index in [0.717, 1.165) is 11.1 Å². The molecule has 0 bridgehead atoms. The van der Waals surface area contributed by atoms with E-state index in [4.69, 9.17) is 11.6 Å². The van der Waals surface area contributed by atoms with Crippen LogP contribution in [0, 0.1) is 5.41 Å². The number of rotatable bonds is 6. The molecular formula is C10H21ClS. The molecule has 1 atom stereocenters. The topological polar surface area (TPSA) is 0 Å². The fourth-order valence-corrected chi connectivity index (χ4v) is 2.28. The van der Waals surface area contributed by atoms with Gasteiger partial charge in [0.1, 0.15) is 0 Å². The van der Waals surface area contributed by atoms with E-state index < -0.39 is 0 Å². The Kier molecular flexibility index (Phi) is 6.48. The van der Waals surface area contributed by atoms with Crippen molar-refractivity contribution in [2.24, 2.45) is 5.41 Å². The molecule has 0 heterocycles. The van der Waals surface area contributed by atoms with Crippen molar-refractivity contribution in [3.05, 3.63) is 0 Å². The second-order valence-electron chi connectivity index (χ2n) is 3.97. The van der Waals surface area contributed by atoms with Crippen LogP contribution in [0.15, 0.2) is 0 Å². The highest BCUT2D eigenvalue weighted by atomic mass is 35.5. The van der Waals surface area contributed by atoms with E-state index >= 15 is 0 Å². The number of hydrogen-bond acceptors (Lipinski definition) is 1. The fourth-order valence-electron chi connectivity index (χ4n) is 0.879. The van der Waals surface area contributed by atoms with E-state index in [9.17, 15) is 0 Å². The first-order valence-electron chi connectivity index (χ1n) is 4.71. The van der Waals surface area contributed by atoms with Gasteiger partial charge in [-0.25, -0.2) is 0 Å². The van der Waals surface area contributed by atoms with Crippen LogP contribution in [0.5, 0.6) is 0 Å². The Bertz CT molecular complexity index is 108. The van der Waals surface area contributed by atoms with Crippen molar-refractivity contribution < 1.29 is 0 Å². The average Bonchev–Trinajstić information content (AvgIpc) is 2.03. The molecule has 0 aromatic heterocycles. The lowest BCUT2D eigenvalue weighted by molar-refractivity contribution is 0.347. The molecule has 0 nitrogen and oxygen atoms in total. The molecule has 0 radical (unpaired) electrons. The summed E-state index contributed by atoms with van der Waals surface area (Å²) >= 11 is 7.95. The number of halogens is 1. The molecule has 0 spiro atoms. The number of hydrogen-bond donors (Lipinski definition) is 0. The van der Waals surface area contributed by atoms with Crippen molar-refractivity contribution >= 4 is 23.4 Å². The maximum atomic E-state index is 5.91.